The van der Waals surface area contributed by atoms with Gasteiger partial charge in [-0.05, 0) is 12.3 Å². The van der Waals surface area contributed by atoms with E-state index in [1.165, 1.54) is 44.9 Å². The number of hydrogen-bond acceptors (Lipinski definition) is 4. The van der Waals surface area contributed by atoms with Gasteiger partial charge in [-0.1, -0.05) is 72.1 Å². The van der Waals surface area contributed by atoms with Crippen molar-refractivity contribution in [1.82, 2.24) is 0 Å². The monoisotopic (exact) mass is 328 g/mol. The van der Waals surface area contributed by atoms with E-state index in [0.29, 0.717) is 19.1 Å². The molecular weight excluding hydrogens is 292 g/mol. The molecule has 0 unspecified atom stereocenters. The molecule has 0 spiro atoms. The van der Waals surface area contributed by atoms with E-state index in [1.807, 2.05) is 13.8 Å². The molecule has 0 aliphatic heterocycles. The molecule has 0 heterocycles. The minimum atomic E-state index is -0.321. The Bertz CT molecular complexity index is 300. The van der Waals surface area contributed by atoms with Crippen LogP contribution in [0.2, 0.25) is 0 Å². The van der Waals surface area contributed by atoms with Crippen LogP contribution < -0.4 is 0 Å². The molecule has 0 bridgehead atoms. The highest BCUT2D eigenvalue weighted by Gasteiger charge is 2.09. The van der Waals surface area contributed by atoms with Crippen LogP contribution in [0.15, 0.2) is 0 Å². The summed E-state index contributed by atoms with van der Waals surface area (Å²) in [6, 6.07) is 0. The zero-order chi connectivity index (χ0) is 17.3. The summed E-state index contributed by atoms with van der Waals surface area (Å²) in [5.41, 5.74) is 0. The molecule has 0 aliphatic rings. The second-order valence-corrected chi connectivity index (χ2v) is 6.63. The summed E-state index contributed by atoms with van der Waals surface area (Å²) in [6.07, 6.45) is 11.4. The van der Waals surface area contributed by atoms with Gasteiger partial charge >= 0.3 is 11.9 Å². The van der Waals surface area contributed by atoms with Gasteiger partial charge in [-0.25, -0.2) is 0 Å². The van der Waals surface area contributed by atoms with Crippen LogP contribution in [0.4, 0.5) is 0 Å². The topological polar surface area (TPSA) is 52.6 Å². The predicted octanol–water partition coefficient (Wildman–Crippen LogP) is 5.04. The normalized spacial score (nSPS) is 10.8. The average Bonchev–Trinajstić information content (AvgIpc) is 2.52. The van der Waals surface area contributed by atoms with Gasteiger partial charge in [0.2, 0.25) is 0 Å². The maximum absolute atomic E-state index is 11.5. The van der Waals surface area contributed by atoms with E-state index >= 15 is 0 Å². The minimum Gasteiger partial charge on any atom is -0.466 e. The Kier molecular flexibility index (Phi) is 15.1. The number of unbranched alkanes of at least 4 members (excludes halogenated alkanes) is 8. The Hall–Kier alpha value is -1.06. The highest BCUT2D eigenvalue weighted by Crippen LogP contribution is 2.09. The number of carbonyl (C=O) groups is 2. The Balaban J connectivity index is 3.32. The third kappa shape index (κ3) is 17.1. The van der Waals surface area contributed by atoms with Gasteiger partial charge in [0.15, 0.2) is 0 Å². The average molecular weight is 328 g/mol. The van der Waals surface area contributed by atoms with Gasteiger partial charge in [0.05, 0.1) is 26.1 Å². The fraction of sp³-hybridized carbons (Fsp3) is 0.895. The smallest absolute Gasteiger partial charge is 0.306 e. The first-order chi connectivity index (χ1) is 11.1. The van der Waals surface area contributed by atoms with Crippen LogP contribution in [-0.2, 0) is 19.1 Å². The molecule has 136 valence electrons. The Morgan fingerprint density at radius 2 is 1.22 bits per heavy atom. The van der Waals surface area contributed by atoms with Gasteiger partial charge in [-0.3, -0.25) is 9.59 Å². The van der Waals surface area contributed by atoms with Crippen LogP contribution in [-0.4, -0.2) is 25.2 Å². The maximum atomic E-state index is 11.5. The van der Waals surface area contributed by atoms with Crippen molar-refractivity contribution >= 4 is 11.9 Å². The quantitative estimate of drug-likeness (QED) is 0.312. The molecule has 0 aromatic rings. The fourth-order valence-corrected chi connectivity index (χ4v) is 2.21. The van der Waals surface area contributed by atoms with Gasteiger partial charge in [-0.2, -0.15) is 0 Å². The number of rotatable bonds is 15. The van der Waals surface area contributed by atoms with Crippen molar-refractivity contribution in [2.45, 2.75) is 91.4 Å². The Morgan fingerprint density at radius 1 is 0.739 bits per heavy atom. The van der Waals surface area contributed by atoms with Gasteiger partial charge in [0.1, 0.15) is 0 Å². The molecule has 0 saturated heterocycles. The largest absolute Gasteiger partial charge is 0.466 e. The van der Waals surface area contributed by atoms with Crippen LogP contribution in [0.25, 0.3) is 0 Å². The van der Waals surface area contributed by atoms with Crippen molar-refractivity contribution in [3.8, 4) is 0 Å². The maximum Gasteiger partial charge on any atom is 0.306 e. The molecule has 0 atom stereocenters. The van der Waals surface area contributed by atoms with E-state index in [0.717, 1.165) is 12.8 Å². The minimum absolute atomic E-state index is 0.114. The molecule has 0 aromatic carbocycles. The van der Waals surface area contributed by atoms with Gasteiger partial charge in [0.25, 0.3) is 0 Å². The molecule has 0 aromatic heterocycles. The molecule has 0 aliphatic carbocycles. The van der Waals surface area contributed by atoms with Crippen LogP contribution in [0, 0.1) is 5.92 Å². The molecule has 0 rings (SSSR count). The molecule has 23 heavy (non-hydrogen) atoms. The van der Waals surface area contributed by atoms with E-state index in [-0.39, 0.29) is 24.8 Å². The summed E-state index contributed by atoms with van der Waals surface area (Å²) in [5, 5.41) is 0. The molecule has 4 nitrogen and oxygen atoms in total. The second-order valence-electron chi connectivity index (χ2n) is 6.63. The number of ether oxygens (including phenoxy) is 2. The molecule has 0 amide bonds. The van der Waals surface area contributed by atoms with Crippen molar-refractivity contribution in [3.63, 3.8) is 0 Å². The zero-order valence-corrected chi connectivity index (χ0v) is 15.4. The summed E-state index contributed by atoms with van der Waals surface area (Å²) in [5.74, 6) is -0.303. The Labute approximate surface area is 142 Å². The first kappa shape index (κ1) is 21.9. The van der Waals surface area contributed by atoms with Crippen molar-refractivity contribution < 1.29 is 19.1 Å². The summed E-state index contributed by atoms with van der Waals surface area (Å²) in [6.45, 7) is 7.07. The molecule has 0 saturated carbocycles. The highest BCUT2D eigenvalue weighted by molar-refractivity contribution is 5.77. The summed E-state index contributed by atoms with van der Waals surface area (Å²) >= 11 is 0. The van der Waals surface area contributed by atoms with Gasteiger partial charge in [0, 0.05) is 0 Å². The summed E-state index contributed by atoms with van der Waals surface area (Å²) in [4.78, 5) is 22.9. The van der Waals surface area contributed by atoms with Crippen molar-refractivity contribution in [2.24, 2.45) is 5.92 Å². The SMILES string of the molecule is CCCCCCCCCCCOC(=O)CCC(=O)OCC(C)C. The first-order valence-electron chi connectivity index (χ1n) is 9.37. The number of carbonyl (C=O) groups excluding carboxylic acids is 2. The summed E-state index contributed by atoms with van der Waals surface area (Å²) in [7, 11) is 0. The molecule has 0 fully saturated rings. The number of esters is 2. The highest BCUT2D eigenvalue weighted by atomic mass is 16.5. The lowest BCUT2D eigenvalue weighted by atomic mass is 10.1. The fourth-order valence-electron chi connectivity index (χ4n) is 2.21. The molecular formula is C19H36O4. The van der Waals surface area contributed by atoms with Crippen molar-refractivity contribution in [3.05, 3.63) is 0 Å². The van der Waals surface area contributed by atoms with E-state index in [4.69, 9.17) is 9.47 Å². The second kappa shape index (κ2) is 15.8. The molecule has 4 heteroatoms. The van der Waals surface area contributed by atoms with Crippen molar-refractivity contribution in [2.75, 3.05) is 13.2 Å². The third-order valence-corrected chi connectivity index (χ3v) is 3.62. The van der Waals surface area contributed by atoms with Crippen LogP contribution >= 0.6 is 0 Å². The summed E-state index contributed by atoms with van der Waals surface area (Å²) < 4.78 is 10.1. The lowest BCUT2D eigenvalue weighted by Gasteiger charge is -2.07. The zero-order valence-electron chi connectivity index (χ0n) is 15.4. The lowest BCUT2D eigenvalue weighted by molar-refractivity contribution is -0.151. The standard InChI is InChI=1S/C19H36O4/c1-4-5-6-7-8-9-10-11-12-15-22-18(20)13-14-19(21)23-16-17(2)3/h17H,4-16H2,1-3H3. The van der Waals surface area contributed by atoms with Gasteiger partial charge < -0.3 is 9.47 Å². The van der Waals surface area contributed by atoms with Crippen molar-refractivity contribution in [1.29, 1.82) is 0 Å². The third-order valence-electron chi connectivity index (χ3n) is 3.62. The number of hydrogen-bond donors (Lipinski definition) is 0. The molecule has 0 radical (unpaired) electrons. The van der Waals surface area contributed by atoms with E-state index in [2.05, 4.69) is 6.92 Å². The van der Waals surface area contributed by atoms with E-state index < -0.39 is 0 Å². The Morgan fingerprint density at radius 3 is 1.74 bits per heavy atom. The van der Waals surface area contributed by atoms with Crippen LogP contribution in [0.1, 0.15) is 91.4 Å². The lowest BCUT2D eigenvalue weighted by Crippen LogP contribution is -2.13. The van der Waals surface area contributed by atoms with Crippen LogP contribution in [0.5, 0.6) is 0 Å². The van der Waals surface area contributed by atoms with E-state index in [1.54, 1.807) is 0 Å². The first-order valence-corrected chi connectivity index (χ1v) is 9.37. The predicted molar refractivity (Wildman–Crippen MR) is 93.2 cm³/mol. The van der Waals surface area contributed by atoms with Crippen LogP contribution in [0.3, 0.4) is 0 Å². The van der Waals surface area contributed by atoms with Gasteiger partial charge in [-0.15, -0.1) is 0 Å². The molecule has 0 N–H and O–H groups in total. The van der Waals surface area contributed by atoms with E-state index in [9.17, 15) is 9.59 Å².